The molecule has 20 heavy (non-hydrogen) atoms. The molecular formula is C16H29N3O. The molecule has 1 N–H and O–H groups in total. The van der Waals surface area contributed by atoms with Gasteiger partial charge in [0, 0.05) is 25.2 Å². The molecule has 0 aromatic carbocycles. The van der Waals surface area contributed by atoms with Crippen molar-refractivity contribution in [3.63, 3.8) is 0 Å². The highest BCUT2D eigenvalue weighted by atomic mass is 16.4. The van der Waals surface area contributed by atoms with Crippen molar-refractivity contribution in [2.45, 2.75) is 59.7 Å². The molecule has 1 saturated heterocycles. The monoisotopic (exact) mass is 279 g/mol. The van der Waals surface area contributed by atoms with Crippen molar-refractivity contribution < 1.29 is 4.42 Å². The van der Waals surface area contributed by atoms with Gasteiger partial charge in [-0.05, 0) is 25.2 Å². The first-order valence-corrected chi connectivity index (χ1v) is 7.84. The first kappa shape index (κ1) is 15.5. The second kappa shape index (κ2) is 6.72. The average Bonchev–Trinajstić information content (AvgIpc) is 2.73. The minimum absolute atomic E-state index is 0.561. The van der Waals surface area contributed by atoms with E-state index in [9.17, 15) is 0 Å². The predicted octanol–water partition coefficient (Wildman–Crippen LogP) is 2.83. The van der Waals surface area contributed by atoms with E-state index in [1.54, 1.807) is 0 Å². The molecule has 0 saturated carbocycles. The quantitative estimate of drug-likeness (QED) is 0.900. The van der Waals surface area contributed by atoms with Crippen LogP contribution < -0.4 is 5.32 Å². The van der Waals surface area contributed by atoms with E-state index >= 15 is 0 Å². The van der Waals surface area contributed by atoms with Crippen LogP contribution in [0.5, 0.6) is 0 Å². The lowest BCUT2D eigenvalue weighted by atomic mass is 9.95. The van der Waals surface area contributed by atoms with Crippen molar-refractivity contribution >= 4 is 0 Å². The molecule has 1 aromatic heterocycles. The summed E-state index contributed by atoms with van der Waals surface area (Å²) >= 11 is 0. The maximum atomic E-state index is 5.66. The molecule has 2 heterocycles. The first-order chi connectivity index (χ1) is 9.45. The molecule has 2 rings (SSSR count). The van der Waals surface area contributed by atoms with Crippen LogP contribution in [0.25, 0.3) is 0 Å². The van der Waals surface area contributed by atoms with Crippen molar-refractivity contribution in [1.82, 2.24) is 15.2 Å². The van der Waals surface area contributed by atoms with Gasteiger partial charge in [-0.3, -0.25) is 4.90 Å². The molecule has 1 fully saturated rings. The Labute approximate surface area is 122 Å². The van der Waals surface area contributed by atoms with E-state index in [0.29, 0.717) is 18.0 Å². The summed E-state index contributed by atoms with van der Waals surface area (Å²) in [6.45, 7) is 14.1. The Morgan fingerprint density at radius 3 is 2.70 bits per heavy atom. The van der Waals surface area contributed by atoms with Gasteiger partial charge in [-0.15, -0.1) is 0 Å². The van der Waals surface area contributed by atoms with Crippen molar-refractivity contribution in [2.75, 3.05) is 13.1 Å². The van der Waals surface area contributed by atoms with Gasteiger partial charge >= 0.3 is 0 Å². The number of rotatable bonds is 5. The third-order valence-corrected chi connectivity index (χ3v) is 4.07. The Bertz CT molecular complexity index is 414. The van der Waals surface area contributed by atoms with Gasteiger partial charge < -0.3 is 9.73 Å². The maximum absolute atomic E-state index is 5.66. The third-order valence-electron chi connectivity index (χ3n) is 4.07. The summed E-state index contributed by atoms with van der Waals surface area (Å²) in [4.78, 5) is 6.90. The number of nitrogens with zero attached hydrogens (tertiary/aromatic N) is 2. The van der Waals surface area contributed by atoms with Gasteiger partial charge in [0.2, 0.25) is 5.89 Å². The number of oxazole rings is 1. The second-order valence-electron chi connectivity index (χ2n) is 6.84. The molecule has 0 aliphatic carbocycles. The molecule has 2 unspecified atom stereocenters. The number of piperazine rings is 1. The van der Waals surface area contributed by atoms with Gasteiger partial charge in [0.25, 0.3) is 0 Å². The molecular weight excluding hydrogens is 250 g/mol. The number of aryl methyl sites for hydroxylation is 1. The largest absolute Gasteiger partial charge is 0.445 e. The highest BCUT2D eigenvalue weighted by Crippen LogP contribution is 2.20. The van der Waals surface area contributed by atoms with Gasteiger partial charge in [0.15, 0.2) is 0 Å². The Morgan fingerprint density at radius 2 is 2.15 bits per heavy atom. The molecule has 1 aliphatic rings. The van der Waals surface area contributed by atoms with Crippen molar-refractivity contribution in [2.24, 2.45) is 11.8 Å². The lowest BCUT2D eigenvalue weighted by Crippen LogP contribution is -2.58. The second-order valence-corrected chi connectivity index (χ2v) is 6.84. The van der Waals surface area contributed by atoms with E-state index < -0.39 is 0 Å². The molecule has 4 heteroatoms. The Morgan fingerprint density at radius 1 is 1.40 bits per heavy atom. The van der Waals surface area contributed by atoms with E-state index in [4.69, 9.17) is 4.42 Å². The zero-order valence-electron chi connectivity index (χ0n) is 13.5. The number of aromatic nitrogens is 1. The van der Waals surface area contributed by atoms with Gasteiger partial charge in [-0.2, -0.15) is 0 Å². The minimum Gasteiger partial charge on any atom is -0.445 e. The topological polar surface area (TPSA) is 41.3 Å². The SMILES string of the molecule is Cc1cnc(CN2CC(CC(C)C)NCC2C(C)C)o1. The van der Waals surface area contributed by atoms with Crippen molar-refractivity contribution in [3.8, 4) is 0 Å². The van der Waals surface area contributed by atoms with Crippen LogP contribution in [-0.4, -0.2) is 35.1 Å². The van der Waals surface area contributed by atoms with Crippen LogP contribution >= 0.6 is 0 Å². The number of nitrogens with one attached hydrogen (secondary N) is 1. The normalized spacial score (nSPS) is 24.8. The molecule has 0 bridgehead atoms. The van der Waals surface area contributed by atoms with E-state index in [1.165, 1.54) is 6.42 Å². The summed E-state index contributed by atoms with van der Waals surface area (Å²) in [7, 11) is 0. The lowest BCUT2D eigenvalue weighted by molar-refractivity contribution is 0.0767. The number of hydrogen-bond donors (Lipinski definition) is 1. The molecule has 114 valence electrons. The predicted molar refractivity (Wildman–Crippen MR) is 81.5 cm³/mol. The summed E-state index contributed by atoms with van der Waals surface area (Å²) < 4.78 is 5.66. The van der Waals surface area contributed by atoms with Gasteiger partial charge in [0.05, 0.1) is 12.7 Å². The lowest BCUT2D eigenvalue weighted by Gasteiger charge is -2.42. The zero-order chi connectivity index (χ0) is 14.7. The summed E-state index contributed by atoms with van der Waals surface area (Å²) in [5.74, 6) is 3.11. The van der Waals surface area contributed by atoms with E-state index in [2.05, 4.69) is 42.9 Å². The summed E-state index contributed by atoms with van der Waals surface area (Å²) in [5.41, 5.74) is 0. The Kier molecular flexibility index (Phi) is 5.22. The molecule has 0 spiro atoms. The van der Waals surface area contributed by atoms with Crippen molar-refractivity contribution in [1.29, 1.82) is 0 Å². The highest BCUT2D eigenvalue weighted by Gasteiger charge is 2.30. The van der Waals surface area contributed by atoms with E-state index in [1.807, 2.05) is 13.1 Å². The van der Waals surface area contributed by atoms with Crippen LogP contribution in [0.4, 0.5) is 0 Å². The fraction of sp³-hybridized carbons (Fsp3) is 0.812. The third kappa shape index (κ3) is 4.06. The van der Waals surface area contributed by atoms with Crippen molar-refractivity contribution in [3.05, 3.63) is 17.8 Å². The molecule has 2 atom stereocenters. The van der Waals surface area contributed by atoms with E-state index in [0.717, 1.165) is 37.2 Å². The highest BCUT2D eigenvalue weighted by molar-refractivity contribution is 4.94. The fourth-order valence-electron chi connectivity index (χ4n) is 3.11. The van der Waals surface area contributed by atoms with Crippen LogP contribution in [-0.2, 0) is 6.54 Å². The van der Waals surface area contributed by atoms with Crippen LogP contribution in [0.1, 0.15) is 45.8 Å². The molecule has 0 amide bonds. The number of hydrogen-bond acceptors (Lipinski definition) is 4. The van der Waals surface area contributed by atoms with Crippen LogP contribution in [0.3, 0.4) is 0 Å². The molecule has 4 nitrogen and oxygen atoms in total. The average molecular weight is 279 g/mol. The maximum Gasteiger partial charge on any atom is 0.208 e. The van der Waals surface area contributed by atoms with Gasteiger partial charge in [-0.25, -0.2) is 4.98 Å². The minimum atomic E-state index is 0.561. The zero-order valence-corrected chi connectivity index (χ0v) is 13.5. The standard InChI is InChI=1S/C16H29N3O/c1-11(2)6-14-9-19(15(8-17-14)12(3)4)10-16-18-7-13(5)20-16/h7,11-12,14-15,17H,6,8-10H2,1-5H3. The summed E-state index contributed by atoms with van der Waals surface area (Å²) in [5, 5.41) is 3.71. The summed E-state index contributed by atoms with van der Waals surface area (Å²) in [6.07, 6.45) is 3.04. The Hall–Kier alpha value is -0.870. The van der Waals surface area contributed by atoms with E-state index in [-0.39, 0.29) is 0 Å². The first-order valence-electron chi connectivity index (χ1n) is 7.84. The van der Waals surface area contributed by atoms with Gasteiger partial charge in [0.1, 0.15) is 5.76 Å². The molecule has 1 aromatic rings. The van der Waals surface area contributed by atoms with Crippen LogP contribution in [0.2, 0.25) is 0 Å². The molecule has 1 aliphatic heterocycles. The van der Waals surface area contributed by atoms with Gasteiger partial charge in [-0.1, -0.05) is 27.7 Å². The summed E-state index contributed by atoms with van der Waals surface area (Å²) in [6, 6.07) is 1.15. The Balaban J connectivity index is 2.02. The molecule has 0 radical (unpaired) electrons. The fourth-order valence-corrected chi connectivity index (χ4v) is 3.11. The van der Waals surface area contributed by atoms with Crippen LogP contribution in [0, 0.1) is 18.8 Å². The smallest absolute Gasteiger partial charge is 0.208 e. The van der Waals surface area contributed by atoms with Crippen LogP contribution in [0.15, 0.2) is 10.6 Å².